The van der Waals surface area contributed by atoms with Gasteiger partial charge in [-0.25, -0.2) is 19.0 Å². The van der Waals surface area contributed by atoms with Crippen molar-refractivity contribution in [2.75, 3.05) is 0 Å². The predicted octanol–water partition coefficient (Wildman–Crippen LogP) is 3.66. The zero-order valence-electron chi connectivity index (χ0n) is 16.5. The minimum absolute atomic E-state index is 0.358. The molecule has 0 aliphatic heterocycles. The second kappa shape index (κ2) is 7.93. The molecule has 1 N–H and O–H groups in total. The van der Waals surface area contributed by atoms with Gasteiger partial charge in [0.15, 0.2) is 5.65 Å². The fraction of sp³-hybridized carbons (Fsp3) is 0.174. The van der Waals surface area contributed by atoms with Crippen molar-refractivity contribution in [3.63, 3.8) is 0 Å². The van der Waals surface area contributed by atoms with E-state index in [9.17, 15) is 9.50 Å². The van der Waals surface area contributed by atoms with Crippen molar-refractivity contribution in [1.82, 2.24) is 19.7 Å². The Kier molecular flexibility index (Phi) is 5.17. The fourth-order valence-electron chi connectivity index (χ4n) is 2.85. The number of nitrogens with zero attached hydrogens (tertiary/aromatic N) is 4. The summed E-state index contributed by atoms with van der Waals surface area (Å²) in [7, 11) is 0. The van der Waals surface area contributed by atoms with E-state index >= 15 is 0 Å². The van der Waals surface area contributed by atoms with Crippen LogP contribution >= 0.6 is 0 Å². The molecular formula is C23H19FN4O2. The standard InChI is InChI=1S/C23H19FN4O2/c1-23(2,29)11-10-17-12-18(24)8-9-20(17)28-21-19(13-27-28)22(26-15-25-21)30-14-16-6-4-3-5-7-16/h3-9,12-13,15,29H,14H2,1-2H3. The Balaban J connectivity index is 1.74. The minimum atomic E-state index is -1.21. The topological polar surface area (TPSA) is 73.1 Å². The van der Waals surface area contributed by atoms with Crippen molar-refractivity contribution in [2.45, 2.75) is 26.1 Å². The van der Waals surface area contributed by atoms with Crippen molar-refractivity contribution in [2.24, 2.45) is 0 Å². The van der Waals surface area contributed by atoms with Crippen LogP contribution in [0.2, 0.25) is 0 Å². The fourth-order valence-corrected chi connectivity index (χ4v) is 2.85. The molecule has 0 spiro atoms. The van der Waals surface area contributed by atoms with E-state index in [1.54, 1.807) is 30.8 Å². The van der Waals surface area contributed by atoms with E-state index in [-0.39, 0.29) is 0 Å². The molecule has 4 rings (SSSR count). The second-order valence-electron chi connectivity index (χ2n) is 7.22. The third-order valence-corrected chi connectivity index (χ3v) is 4.24. The molecule has 2 aromatic heterocycles. The first kappa shape index (κ1) is 19.6. The molecule has 0 aliphatic rings. The maximum Gasteiger partial charge on any atom is 0.228 e. The van der Waals surface area contributed by atoms with Crippen molar-refractivity contribution in [3.05, 3.63) is 78.0 Å². The summed E-state index contributed by atoms with van der Waals surface area (Å²) in [6.45, 7) is 3.48. The third-order valence-electron chi connectivity index (χ3n) is 4.24. The van der Waals surface area contributed by atoms with Crippen LogP contribution in [0.1, 0.15) is 25.0 Å². The first-order valence-corrected chi connectivity index (χ1v) is 9.32. The summed E-state index contributed by atoms with van der Waals surface area (Å²) in [5.74, 6) is 5.51. The van der Waals surface area contributed by atoms with E-state index in [2.05, 4.69) is 26.9 Å². The Morgan fingerprint density at radius 3 is 2.70 bits per heavy atom. The van der Waals surface area contributed by atoms with Crippen molar-refractivity contribution in [1.29, 1.82) is 0 Å². The highest BCUT2D eigenvalue weighted by molar-refractivity contribution is 5.81. The van der Waals surface area contributed by atoms with Gasteiger partial charge < -0.3 is 9.84 Å². The molecule has 0 atom stereocenters. The summed E-state index contributed by atoms with van der Waals surface area (Å²) >= 11 is 0. The van der Waals surface area contributed by atoms with Crippen LogP contribution in [0.25, 0.3) is 16.7 Å². The van der Waals surface area contributed by atoms with Crippen LogP contribution in [0.15, 0.2) is 61.1 Å². The van der Waals surface area contributed by atoms with E-state index in [1.165, 1.54) is 18.5 Å². The van der Waals surface area contributed by atoms with Crippen LogP contribution in [-0.4, -0.2) is 30.5 Å². The maximum absolute atomic E-state index is 13.8. The quantitative estimate of drug-likeness (QED) is 0.528. The molecule has 0 radical (unpaired) electrons. The molecule has 0 saturated carbocycles. The van der Waals surface area contributed by atoms with E-state index in [0.29, 0.717) is 34.8 Å². The number of aromatic nitrogens is 4. The van der Waals surface area contributed by atoms with Gasteiger partial charge in [0.25, 0.3) is 0 Å². The number of rotatable bonds is 4. The smallest absolute Gasteiger partial charge is 0.228 e. The SMILES string of the molecule is CC(C)(O)C#Cc1cc(F)ccc1-n1ncc2c(OCc3ccccc3)ncnc21. The highest BCUT2D eigenvalue weighted by Crippen LogP contribution is 2.25. The molecule has 0 fully saturated rings. The monoisotopic (exact) mass is 402 g/mol. The first-order valence-electron chi connectivity index (χ1n) is 9.32. The van der Waals surface area contributed by atoms with E-state index in [0.717, 1.165) is 5.56 Å². The molecule has 4 aromatic rings. The summed E-state index contributed by atoms with van der Waals surface area (Å²) in [4.78, 5) is 8.55. The Labute approximate surface area is 173 Å². The van der Waals surface area contributed by atoms with Gasteiger partial charge in [0.1, 0.15) is 29.7 Å². The number of aliphatic hydroxyl groups is 1. The summed E-state index contributed by atoms with van der Waals surface area (Å²) in [5.41, 5.74) is 1.23. The van der Waals surface area contributed by atoms with Gasteiger partial charge >= 0.3 is 0 Å². The Hall–Kier alpha value is -3.76. The molecule has 2 heterocycles. The third kappa shape index (κ3) is 4.29. The van der Waals surface area contributed by atoms with E-state index in [4.69, 9.17) is 4.74 Å². The molecule has 0 amide bonds. The number of ether oxygens (including phenoxy) is 1. The average Bonchev–Trinajstić information content (AvgIpc) is 3.15. The lowest BCUT2D eigenvalue weighted by molar-refractivity contribution is 0.143. The van der Waals surface area contributed by atoms with E-state index in [1.807, 2.05) is 30.3 Å². The zero-order chi connectivity index (χ0) is 21.1. The van der Waals surface area contributed by atoms with E-state index < -0.39 is 11.4 Å². The van der Waals surface area contributed by atoms with Crippen LogP contribution < -0.4 is 4.74 Å². The number of halogens is 1. The summed E-state index contributed by atoms with van der Waals surface area (Å²) in [6.07, 6.45) is 3.00. The van der Waals surface area contributed by atoms with Crippen LogP contribution in [0.3, 0.4) is 0 Å². The van der Waals surface area contributed by atoms with Gasteiger partial charge in [0.2, 0.25) is 5.88 Å². The summed E-state index contributed by atoms with van der Waals surface area (Å²) in [6, 6.07) is 14.0. The number of benzene rings is 2. The van der Waals surface area contributed by atoms with Crippen LogP contribution in [0.5, 0.6) is 5.88 Å². The van der Waals surface area contributed by atoms with Crippen LogP contribution in [-0.2, 0) is 6.61 Å². The van der Waals surface area contributed by atoms with Crippen molar-refractivity contribution in [3.8, 4) is 23.4 Å². The van der Waals surface area contributed by atoms with Gasteiger partial charge in [-0.15, -0.1) is 0 Å². The molecule has 0 saturated heterocycles. The summed E-state index contributed by atoms with van der Waals surface area (Å²) < 4.78 is 21.3. The highest BCUT2D eigenvalue weighted by atomic mass is 19.1. The van der Waals surface area contributed by atoms with Gasteiger partial charge in [-0.2, -0.15) is 5.10 Å². The number of hydrogen-bond donors (Lipinski definition) is 1. The summed E-state index contributed by atoms with van der Waals surface area (Å²) in [5, 5.41) is 14.9. The molecule has 0 aliphatic carbocycles. The van der Waals surface area contributed by atoms with Gasteiger partial charge in [-0.3, -0.25) is 0 Å². The number of hydrogen-bond acceptors (Lipinski definition) is 5. The maximum atomic E-state index is 13.8. The molecule has 0 unspecified atom stereocenters. The molecule has 150 valence electrons. The lowest BCUT2D eigenvalue weighted by atomic mass is 10.1. The molecule has 0 bridgehead atoms. The molecule has 6 nitrogen and oxygen atoms in total. The lowest BCUT2D eigenvalue weighted by Gasteiger charge is -2.09. The predicted molar refractivity (Wildman–Crippen MR) is 111 cm³/mol. The zero-order valence-corrected chi connectivity index (χ0v) is 16.5. The Morgan fingerprint density at radius 1 is 1.13 bits per heavy atom. The lowest BCUT2D eigenvalue weighted by Crippen LogP contribution is -2.14. The largest absolute Gasteiger partial charge is 0.472 e. The Morgan fingerprint density at radius 2 is 1.93 bits per heavy atom. The number of fused-ring (bicyclic) bond motifs is 1. The molecular weight excluding hydrogens is 383 g/mol. The van der Waals surface area contributed by atoms with Gasteiger partial charge in [-0.1, -0.05) is 42.2 Å². The Bertz CT molecular complexity index is 1250. The first-order chi connectivity index (χ1) is 14.4. The molecule has 2 aromatic carbocycles. The van der Waals surface area contributed by atoms with Crippen molar-refractivity contribution < 1.29 is 14.2 Å². The van der Waals surface area contributed by atoms with Gasteiger partial charge in [0.05, 0.1) is 17.4 Å². The van der Waals surface area contributed by atoms with Crippen molar-refractivity contribution >= 4 is 11.0 Å². The van der Waals surface area contributed by atoms with Crippen LogP contribution in [0, 0.1) is 17.7 Å². The molecule has 30 heavy (non-hydrogen) atoms. The average molecular weight is 402 g/mol. The molecule has 7 heteroatoms. The van der Waals surface area contributed by atoms with Gasteiger partial charge in [-0.05, 0) is 37.6 Å². The van der Waals surface area contributed by atoms with Crippen LogP contribution in [0.4, 0.5) is 4.39 Å². The second-order valence-corrected chi connectivity index (χ2v) is 7.22. The minimum Gasteiger partial charge on any atom is -0.472 e. The van der Waals surface area contributed by atoms with Gasteiger partial charge in [0, 0.05) is 0 Å². The normalized spacial score (nSPS) is 11.2. The highest BCUT2D eigenvalue weighted by Gasteiger charge is 2.15.